The number of carboxylic acid groups (broad SMARTS) is 1. The van der Waals surface area contributed by atoms with E-state index in [0.717, 1.165) is 19.3 Å². The molecule has 0 aromatic heterocycles. The third-order valence-electron chi connectivity index (χ3n) is 7.87. The number of fused-ring (bicyclic) bond motifs is 3. The Morgan fingerprint density at radius 3 is 2.07 bits per heavy atom. The Hall–Kier alpha value is -2.82. The Balaban J connectivity index is 1.08. The van der Waals surface area contributed by atoms with Crippen LogP contribution in [-0.2, 0) is 9.53 Å². The predicted octanol–water partition coefficient (Wildman–Crippen LogP) is 4.12. The van der Waals surface area contributed by atoms with Gasteiger partial charge in [0.2, 0.25) is 0 Å². The van der Waals surface area contributed by atoms with Gasteiger partial charge in [-0.25, -0.2) is 4.79 Å². The second-order valence-corrected chi connectivity index (χ2v) is 9.38. The van der Waals surface area contributed by atoms with Crippen LogP contribution in [0.15, 0.2) is 48.5 Å². The van der Waals surface area contributed by atoms with E-state index in [1.165, 1.54) is 22.3 Å². The molecule has 1 aliphatic heterocycles. The number of aliphatic carboxylic acids is 1. The van der Waals surface area contributed by atoms with Gasteiger partial charge in [0.05, 0.1) is 5.41 Å². The molecular formula is C24H23NO4. The van der Waals surface area contributed by atoms with Crippen LogP contribution in [0.5, 0.6) is 0 Å². The van der Waals surface area contributed by atoms with Gasteiger partial charge in [-0.1, -0.05) is 48.5 Å². The Kier molecular flexibility index (Phi) is 3.31. The summed E-state index contributed by atoms with van der Waals surface area (Å²) in [5.41, 5.74) is 4.63. The molecule has 1 saturated heterocycles. The number of hydrogen-bond donors (Lipinski definition) is 1. The zero-order chi connectivity index (χ0) is 19.8. The quantitative estimate of drug-likeness (QED) is 0.854. The van der Waals surface area contributed by atoms with Crippen LogP contribution in [0.3, 0.4) is 0 Å². The van der Waals surface area contributed by atoms with Crippen molar-refractivity contribution >= 4 is 12.1 Å². The van der Waals surface area contributed by atoms with E-state index >= 15 is 0 Å². The van der Waals surface area contributed by atoms with Crippen molar-refractivity contribution in [2.45, 2.75) is 25.2 Å². The average Bonchev–Trinajstić information content (AvgIpc) is 2.93. The molecule has 0 atom stereocenters. The Morgan fingerprint density at radius 2 is 1.52 bits per heavy atom. The fourth-order valence-electron chi connectivity index (χ4n) is 6.23. The average molecular weight is 389 g/mol. The SMILES string of the molecule is O=C(OCC1c2ccccc2-c2ccccc21)N1CC(C23CC(C(=O)O)(C2)C3)C1. The van der Waals surface area contributed by atoms with E-state index in [0.29, 0.717) is 25.6 Å². The monoisotopic (exact) mass is 389 g/mol. The van der Waals surface area contributed by atoms with Crippen molar-refractivity contribution < 1.29 is 19.4 Å². The largest absolute Gasteiger partial charge is 0.481 e. The van der Waals surface area contributed by atoms with Crippen molar-refractivity contribution in [2.24, 2.45) is 16.7 Å². The second kappa shape index (κ2) is 5.62. The van der Waals surface area contributed by atoms with E-state index in [1.807, 2.05) is 24.3 Å². The number of benzene rings is 2. The Labute approximate surface area is 169 Å². The lowest BCUT2D eigenvalue weighted by atomic mass is 9.31. The van der Waals surface area contributed by atoms with Crippen LogP contribution in [0.1, 0.15) is 36.3 Å². The van der Waals surface area contributed by atoms with Crippen LogP contribution < -0.4 is 0 Å². The molecule has 29 heavy (non-hydrogen) atoms. The molecule has 0 unspecified atom stereocenters. The first-order chi connectivity index (χ1) is 14.0. The lowest BCUT2D eigenvalue weighted by molar-refractivity contribution is -0.256. The van der Waals surface area contributed by atoms with Gasteiger partial charge < -0.3 is 14.7 Å². The zero-order valence-corrected chi connectivity index (χ0v) is 16.1. The van der Waals surface area contributed by atoms with E-state index in [2.05, 4.69) is 24.3 Å². The highest BCUT2D eigenvalue weighted by atomic mass is 16.6. The maximum atomic E-state index is 12.6. The minimum absolute atomic E-state index is 0.0801. The number of rotatable bonds is 4. The van der Waals surface area contributed by atoms with Crippen LogP contribution in [-0.4, -0.2) is 41.8 Å². The molecule has 1 heterocycles. The van der Waals surface area contributed by atoms with Crippen molar-refractivity contribution in [3.63, 3.8) is 0 Å². The zero-order valence-electron chi connectivity index (χ0n) is 16.1. The maximum absolute atomic E-state index is 12.6. The molecule has 3 saturated carbocycles. The lowest BCUT2D eigenvalue weighted by Gasteiger charge is -2.73. The minimum atomic E-state index is -0.646. The molecule has 7 rings (SSSR count). The summed E-state index contributed by atoms with van der Waals surface area (Å²) < 4.78 is 5.72. The number of nitrogens with zero attached hydrogens (tertiary/aromatic N) is 1. The standard InChI is InChI=1S/C24H23NO4/c26-21(27)24-12-23(13-24,14-24)15-9-25(10-15)22(28)29-11-20-18-7-3-1-5-16(18)17-6-2-4-8-19(17)20/h1-8,15,20H,9-14H2,(H,26,27). The summed E-state index contributed by atoms with van der Waals surface area (Å²) in [7, 11) is 0. The number of amides is 1. The fraction of sp³-hybridized carbons (Fsp3) is 0.417. The molecule has 2 bridgehead atoms. The van der Waals surface area contributed by atoms with Crippen molar-refractivity contribution in [2.75, 3.05) is 19.7 Å². The summed E-state index contributed by atoms with van der Waals surface area (Å²) in [6.07, 6.45) is 2.12. The highest BCUT2D eigenvalue weighted by Crippen LogP contribution is 2.77. The highest BCUT2D eigenvalue weighted by Gasteiger charge is 2.75. The molecule has 0 radical (unpaired) electrons. The molecule has 0 spiro atoms. The first kappa shape index (κ1) is 17.1. The Bertz CT molecular complexity index is 973. The van der Waals surface area contributed by atoms with Crippen LogP contribution >= 0.6 is 0 Å². The van der Waals surface area contributed by atoms with Gasteiger partial charge in [-0.2, -0.15) is 0 Å². The van der Waals surface area contributed by atoms with E-state index in [4.69, 9.17) is 4.74 Å². The molecule has 4 fully saturated rings. The molecule has 2 aromatic rings. The minimum Gasteiger partial charge on any atom is -0.481 e. The number of carboxylic acids is 1. The summed E-state index contributed by atoms with van der Waals surface area (Å²) in [5.74, 6) is -0.132. The third kappa shape index (κ3) is 2.21. The molecule has 2 aromatic carbocycles. The van der Waals surface area contributed by atoms with Crippen LogP contribution in [0, 0.1) is 16.7 Å². The lowest BCUT2D eigenvalue weighted by Crippen LogP contribution is -2.73. The van der Waals surface area contributed by atoms with Gasteiger partial charge in [0, 0.05) is 24.9 Å². The van der Waals surface area contributed by atoms with Crippen molar-refractivity contribution in [1.29, 1.82) is 0 Å². The van der Waals surface area contributed by atoms with Gasteiger partial charge >= 0.3 is 12.1 Å². The molecule has 1 N–H and O–H groups in total. The van der Waals surface area contributed by atoms with E-state index in [-0.39, 0.29) is 17.4 Å². The van der Waals surface area contributed by atoms with Crippen molar-refractivity contribution in [3.8, 4) is 11.1 Å². The van der Waals surface area contributed by atoms with Crippen LogP contribution in [0.25, 0.3) is 11.1 Å². The van der Waals surface area contributed by atoms with E-state index in [1.54, 1.807) is 4.90 Å². The number of likely N-dealkylation sites (tertiary alicyclic amines) is 1. The molecule has 5 nitrogen and oxygen atoms in total. The van der Waals surface area contributed by atoms with Gasteiger partial charge in [0.1, 0.15) is 6.61 Å². The number of ether oxygens (including phenoxy) is 1. The molecule has 5 aliphatic rings. The van der Waals surface area contributed by atoms with Gasteiger partial charge in [-0.3, -0.25) is 4.79 Å². The number of hydrogen-bond acceptors (Lipinski definition) is 3. The van der Waals surface area contributed by atoms with Crippen LogP contribution in [0.2, 0.25) is 0 Å². The second-order valence-electron chi connectivity index (χ2n) is 9.38. The van der Waals surface area contributed by atoms with Gasteiger partial charge in [0.25, 0.3) is 0 Å². The number of carbonyl (C=O) groups is 2. The molecule has 5 heteroatoms. The summed E-state index contributed by atoms with van der Waals surface area (Å²) in [4.78, 5) is 25.6. The fourth-order valence-corrected chi connectivity index (χ4v) is 6.23. The Morgan fingerprint density at radius 1 is 0.966 bits per heavy atom. The summed E-state index contributed by atoms with van der Waals surface area (Å²) in [6, 6.07) is 16.7. The smallest absolute Gasteiger partial charge is 0.409 e. The molecule has 4 aliphatic carbocycles. The third-order valence-corrected chi connectivity index (χ3v) is 7.87. The number of carbonyl (C=O) groups excluding carboxylic acids is 1. The van der Waals surface area contributed by atoms with Crippen molar-refractivity contribution in [1.82, 2.24) is 4.90 Å². The van der Waals surface area contributed by atoms with E-state index in [9.17, 15) is 14.7 Å². The summed E-state index contributed by atoms with van der Waals surface area (Å²) in [5, 5.41) is 9.29. The first-order valence-electron chi connectivity index (χ1n) is 10.3. The summed E-state index contributed by atoms with van der Waals surface area (Å²) in [6.45, 7) is 1.75. The van der Waals surface area contributed by atoms with E-state index < -0.39 is 11.4 Å². The normalized spacial score (nSPS) is 29.2. The van der Waals surface area contributed by atoms with Crippen molar-refractivity contribution in [3.05, 3.63) is 59.7 Å². The molecule has 1 amide bonds. The summed E-state index contributed by atoms with van der Waals surface area (Å²) >= 11 is 0. The highest BCUT2D eigenvalue weighted by molar-refractivity contribution is 5.80. The molecular weight excluding hydrogens is 366 g/mol. The van der Waals surface area contributed by atoms with Gasteiger partial charge in [-0.05, 0) is 46.9 Å². The topological polar surface area (TPSA) is 66.8 Å². The first-order valence-corrected chi connectivity index (χ1v) is 10.3. The molecule has 148 valence electrons. The van der Waals surface area contributed by atoms with Gasteiger partial charge in [-0.15, -0.1) is 0 Å². The van der Waals surface area contributed by atoms with Crippen LogP contribution in [0.4, 0.5) is 4.79 Å². The maximum Gasteiger partial charge on any atom is 0.409 e. The van der Waals surface area contributed by atoms with Gasteiger partial charge in [0.15, 0.2) is 0 Å². The predicted molar refractivity (Wildman–Crippen MR) is 106 cm³/mol.